The molecule has 0 saturated carbocycles. The second-order valence-electron chi connectivity index (χ2n) is 6.13. The number of phenolic OH excluding ortho intramolecular Hbond substituents is 1. The second-order valence-corrected chi connectivity index (χ2v) is 6.13. The fraction of sp³-hybridized carbons (Fsp3) is 0.222. The summed E-state index contributed by atoms with van der Waals surface area (Å²) in [5.41, 5.74) is 0.0493. The molecule has 0 spiro atoms. The van der Waals surface area contributed by atoms with E-state index < -0.39 is 30.4 Å². The number of hydrogen-bond acceptors (Lipinski definition) is 6. The van der Waals surface area contributed by atoms with Crippen molar-refractivity contribution in [3.63, 3.8) is 0 Å². The van der Waals surface area contributed by atoms with E-state index in [0.29, 0.717) is 5.56 Å². The number of ether oxygens (including phenoxy) is 1. The summed E-state index contributed by atoms with van der Waals surface area (Å²) >= 11 is 0. The third-order valence-electron chi connectivity index (χ3n) is 4.01. The molecule has 0 saturated heterocycles. The predicted molar refractivity (Wildman–Crippen MR) is 95.1 cm³/mol. The molecule has 0 aliphatic rings. The van der Waals surface area contributed by atoms with E-state index in [-0.39, 0.29) is 22.4 Å². The van der Waals surface area contributed by atoms with Gasteiger partial charge in [-0.25, -0.2) is 4.68 Å². The molecule has 0 fully saturated rings. The van der Waals surface area contributed by atoms with Crippen LogP contribution >= 0.6 is 0 Å². The number of nitrogens with one attached hydrogen (secondary N) is 1. The summed E-state index contributed by atoms with van der Waals surface area (Å²) in [5.74, 6) is -1.22. The van der Waals surface area contributed by atoms with Crippen molar-refractivity contribution in [1.29, 1.82) is 0 Å². The zero-order valence-electron chi connectivity index (χ0n) is 15.0. The first kappa shape index (κ1) is 20.1. The summed E-state index contributed by atoms with van der Waals surface area (Å²) in [6.45, 7) is 1.17. The molecular formula is C18H15F3N4O4. The number of fused-ring (bicyclic) bond motifs is 1. The van der Waals surface area contributed by atoms with Gasteiger partial charge in [-0.3, -0.25) is 9.59 Å². The maximum absolute atomic E-state index is 12.4. The summed E-state index contributed by atoms with van der Waals surface area (Å²) in [6, 6.07) is 8.81. The van der Waals surface area contributed by atoms with Gasteiger partial charge in [-0.1, -0.05) is 23.4 Å². The van der Waals surface area contributed by atoms with E-state index in [9.17, 15) is 27.9 Å². The van der Waals surface area contributed by atoms with Crippen molar-refractivity contribution >= 4 is 16.8 Å². The molecular weight excluding hydrogens is 393 g/mol. The maximum Gasteiger partial charge on any atom is 0.573 e. The minimum absolute atomic E-state index is 0.0522. The monoisotopic (exact) mass is 408 g/mol. The lowest BCUT2D eigenvalue weighted by molar-refractivity contribution is -0.274. The van der Waals surface area contributed by atoms with Gasteiger partial charge in [-0.2, -0.15) is 0 Å². The Morgan fingerprint density at radius 2 is 1.93 bits per heavy atom. The summed E-state index contributed by atoms with van der Waals surface area (Å²) < 4.78 is 41.2. The van der Waals surface area contributed by atoms with Gasteiger partial charge in [0.25, 0.3) is 5.56 Å². The molecule has 0 unspecified atom stereocenters. The Bertz CT molecular complexity index is 1100. The van der Waals surface area contributed by atoms with E-state index in [0.717, 1.165) is 16.8 Å². The van der Waals surface area contributed by atoms with Crippen LogP contribution in [0.15, 0.2) is 47.3 Å². The van der Waals surface area contributed by atoms with E-state index >= 15 is 0 Å². The van der Waals surface area contributed by atoms with Crippen molar-refractivity contribution in [2.45, 2.75) is 25.9 Å². The minimum atomic E-state index is -4.79. The number of phenols is 1. The lowest BCUT2D eigenvalue weighted by atomic mass is 10.1. The molecule has 2 N–H and O–H groups in total. The quantitative estimate of drug-likeness (QED) is 0.671. The van der Waals surface area contributed by atoms with Crippen LogP contribution in [0.5, 0.6) is 11.5 Å². The largest absolute Gasteiger partial charge is 0.573 e. The SMILES string of the molecule is C[C@H](NC(=O)Cn1nnc2cccc(O)c2c1=O)c1ccc(OC(F)(F)F)cc1. The average molecular weight is 408 g/mol. The number of hydrogen-bond donors (Lipinski definition) is 2. The Kier molecular flexibility index (Phi) is 5.39. The van der Waals surface area contributed by atoms with Gasteiger partial charge in [0.05, 0.1) is 6.04 Å². The molecule has 152 valence electrons. The number of amides is 1. The van der Waals surface area contributed by atoms with Crippen LogP contribution in [0.2, 0.25) is 0 Å². The highest BCUT2D eigenvalue weighted by Crippen LogP contribution is 2.24. The fourth-order valence-electron chi connectivity index (χ4n) is 2.67. The summed E-state index contributed by atoms with van der Waals surface area (Å²) in [4.78, 5) is 24.7. The molecule has 0 bridgehead atoms. The number of rotatable bonds is 5. The molecule has 1 amide bonds. The highest BCUT2D eigenvalue weighted by molar-refractivity contribution is 5.83. The minimum Gasteiger partial charge on any atom is -0.507 e. The van der Waals surface area contributed by atoms with Crippen LogP contribution in [0.1, 0.15) is 18.5 Å². The Hall–Kier alpha value is -3.63. The molecule has 1 heterocycles. The van der Waals surface area contributed by atoms with E-state index in [1.807, 2.05) is 0 Å². The first-order valence-electron chi connectivity index (χ1n) is 8.34. The van der Waals surface area contributed by atoms with Gasteiger partial charge < -0.3 is 15.2 Å². The average Bonchev–Trinajstić information content (AvgIpc) is 2.63. The van der Waals surface area contributed by atoms with E-state index in [4.69, 9.17) is 0 Å². The Morgan fingerprint density at radius 3 is 2.59 bits per heavy atom. The Labute approximate surface area is 161 Å². The molecule has 8 nitrogen and oxygen atoms in total. The van der Waals surface area contributed by atoms with Crippen molar-refractivity contribution in [1.82, 2.24) is 20.3 Å². The van der Waals surface area contributed by atoms with Crippen molar-refractivity contribution < 1.29 is 27.8 Å². The smallest absolute Gasteiger partial charge is 0.507 e. The molecule has 1 atom stereocenters. The van der Waals surface area contributed by atoms with Crippen molar-refractivity contribution in [3.05, 3.63) is 58.4 Å². The molecule has 2 aromatic carbocycles. The lowest BCUT2D eigenvalue weighted by Gasteiger charge is -2.15. The molecule has 29 heavy (non-hydrogen) atoms. The van der Waals surface area contributed by atoms with Crippen molar-refractivity contribution in [2.75, 3.05) is 0 Å². The van der Waals surface area contributed by atoms with Gasteiger partial charge in [0.2, 0.25) is 5.91 Å². The van der Waals surface area contributed by atoms with E-state index in [1.165, 1.54) is 30.3 Å². The summed E-state index contributed by atoms with van der Waals surface area (Å²) in [7, 11) is 0. The van der Waals surface area contributed by atoms with Gasteiger partial charge >= 0.3 is 6.36 Å². The zero-order chi connectivity index (χ0) is 21.2. The van der Waals surface area contributed by atoms with E-state index in [2.05, 4.69) is 20.4 Å². The van der Waals surface area contributed by atoms with Gasteiger partial charge in [0.15, 0.2) is 0 Å². The lowest BCUT2D eigenvalue weighted by Crippen LogP contribution is -2.35. The number of nitrogens with zero attached hydrogens (tertiary/aromatic N) is 3. The summed E-state index contributed by atoms with van der Waals surface area (Å²) in [5, 5.41) is 19.9. The Morgan fingerprint density at radius 1 is 1.24 bits per heavy atom. The molecule has 0 radical (unpaired) electrons. The predicted octanol–water partition coefficient (Wildman–Crippen LogP) is 2.27. The molecule has 0 aliphatic carbocycles. The Balaban J connectivity index is 1.69. The highest BCUT2D eigenvalue weighted by Gasteiger charge is 2.31. The normalized spacial score (nSPS) is 12.6. The third-order valence-corrected chi connectivity index (χ3v) is 4.01. The van der Waals surface area contributed by atoms with Crippen LogP contribution in [0.25, 0.3) is 10.9 Å². The van der Waals surface area contributed by atoms with Gasteiger partial charge in [-0.15, -0.1) is 18.3 Å². The fourth-order valence-corrected chi connectivity index (χ4v) is 2.67. The number of alkyl halides is 3. The zero-order valence-corrected chi connectivity index (χ0v) is 15.0. The standard InChI is InChI=1S/C18H15F3N4O4/c1-10(11-5-7-12(8-6-11)29-18(19,20)21)22-15(27)9-25-17(28)16-13(23-24-25)3-2-4-14(16)26/h2-8,10,26H,9H2,1H3,(H,22,27)/t10-/m0/s1. The number of carbonyl (C=O) groups excluding carboxylic acids is 1. The van der Waals surface area contributed by atoms with Gasteiger partial charge in [-0.05, 0) is 36.8 Å². The van der Waals surface area contributed by atoms with Crippen LogP contribution in [0.3, 0.4) is 0 Å². The van der Waals surface area contributed by atoms with Crippen molar-refractivity contribution in [2.24, 2.45) is 0 Å². The van der Waals surface area contributed by atoms with Crippen LogP contribution in [0.4, 0.5) is 13.2 Å². The second kappa shape index (κ2) is 7.78. The van der Waals surface area contributed by atoms with Gasteiger partial charge in [0, 0.05) is 0 Å². The first-order chi connectivity index (χ1) is 13.6. The number of carbonyl (C=O) groups is 1. The number of aromatic hydroxyl groups is 1. The summed E-state index contributed by atoms with van der Waals surface area (Å²) in [6.07, 6.45) is -4.79. The number of aromatic nitrogens is 3. The third kappa shape index (κ3) is 4.81. The topological polar surface area (TPSA) is 106 Å². The maximum atomic E-state index is 12.4. The van der Waals surface area contributed by atoms with Crippen molar-refractivity contribution in [3.8, 4) is 11.5 Å². The highest BCUT2D eigenvalue weighted by atomic mass is 19.4. The van der Waals surface area contributed by atoms with Crippen LogP contribution in [0, 0.1) is 0 Å². The van der Waals surface area contributed by atoms with Crippen LogP contribution < -0.4 is 15.6 Å². The van der Waals surface area contributed by atoms with Crippen LogP contribution in [-0.4, -0.2) is 32.4 Å². The first-order valence-corrected chi connectivity index (χ1v) is 8.34. The molecule has 11 heteroatoms. The van der Waals surface area contributed by atoms with Gasteiger partial charge in [0.1, 0.15) is 28.9 Å². The number of halogens is 3. The van der Waals surface area contributed by atoms with Crippen LogP contribution in [-0.2, 0) is 11.3 Å². The van der Waals surface area contributed by atoms with E-state index in [1.54, 1.807) is 6.92 Å². The molecule has 3 aromatic rings. The molecule has 1 aromatic heterocycles. The molecule has 0 aliphatic heterocycles. The molecule has 3 rings (SSSR count). The number of benzene rings is 2.